The molecule has 1 aromatic heterocycles. The van der Waals surface area contributed by atoms with Gasteiger partial charge in [0.05, 0.1) is 12.6 Å². The van der Waals surface area contributed by atoms with Crippen molar-refractivity contribution in [2.45, 2.75) is 19.0 Å². The Balaban J connectivity index is 2.06. The standard InChI is InChI=1S/C14H17NOS/c1-11(13-7-8-17-10-13)15-14(9-16)12-5-3-2-4-6-12/h2-8,10-11,14-16H,9H2,1H3/t11?,14-/m1/s1. The summed E-state index contributed by atoms with van der Waals surface area (Å²) in [6, 6.07) is 12.4. The molecular formula is C14H17NOS. The Kier molecular flexibility index (Phi) is 4.31. The molecule has 2 N–H and O–H groups in total. The molecule has 2 atom stereocenters. The first-order valence-electron chi connectivity index (χ1n) is 5.75. The fourth-order valence-electron chi connectivity index (χ4n) is 1.86. The number of hydrogen-bond donors (Lipinski definition) is 2. The van der Waals surface area contributed by atoms with Gasteiger partial charge in [0.15, 0.2) is 0 Å². The molecule has 0 aliphatic heterocycles. The van der Waals surface area contributed by atoms with Gasteiger partial charge < -0.3 is 10.4 Å². The van der Waals surface area contributed by atoms with Crippen molar-refractivity contribution in [2.24, 2.45) is 0 Å². The molecule has 17 heavy (non-hydrogen) atoms. The molecule has 2 nitrogen and oxygen atoms in total. The maximum absolute atomic E-state index is 9.47. The van der Waals surface area contributed by atoms with Gasteiger partial charge in [-0.25, -0.2) is 0 Å². The first-order valence-corrected chi connectivity index (χ1v) is 6.69. The number of nitrogens with one attached hydrogen (secondary N) is 1. The van der Waals surface area contributed by atoms with Crippen LogP contribution in [-0.4, -0.2) is 11.7 Å². The second-order valence-electron chi connectivity index (χ2n) is 4.09. The van der Waals surface area contributed by atoms with Crippen LogP contribution in [0.3, 0.4) is 0 Å². The minimum Gasteiger partial charge on any atom is -0.394 e. The summed E-state index contributed by atoms with van der Waals surface area (Å²) in [6.07, 6.45) is 0. The van der Waals surface area contributed by atoms with Crippen LogP contribution >= 0.6 is 11.3 Å². The van der Waals surface area contributed by atoms with Gasteiger partial charge in [-0.15, -0.1) is 0 Å². The number of benzene rings is 1. The molecule has 0 radical (unpaired) electrons. The number of rotatable bonds is 5. The van der Waals surface area contributed by atoms with E-state index in [-0.39, 0.29) is 18.7 Å². The van der Waals surface area contributed by atoms with Gasteiger partial charge in [-0.2, -0.15) is 11.3 Å². The fraction of sp³-hybridized carbons (Fsp3) is 0.286. The predicted octanol–water partition coefficient (Wildman–Crippen LogP) is 3.13. The van der Waals surface area contributed by atoms with Crippen molar-refractivity contribution >= 4 is 11.3 Å². The predicted molar refractivity (Wildman–Crippen MR) is 72.1 cm³/mol. The molecule has 90 valence electrons. The van der Waals surface area contributed by atoms with E-state index in [0.29, 0.717) is 0 Å². The molecule has 0 saturated heterocycles. The third kappa shape index (κ3) is 3.16. The van der Waals surface area contributed by atoms with Crippen molar-refractivity contribution in [2.75, 3.05) is 6.61 Å². The normalized spacial score (nSPS) is 14.5. The summed E-state index contributed by atoms with van der Waals surface area (Å²) in [5.74, 6) is 0. The molecule has 0 fully saturated rings. The van der Waals surface area contributed by atoms with Gasteiger partial charge in [0, 0.05) is 6.04 Å². The molecule has 0 aliphatic rings. The van der Waals surface area contributed by atoms with Gasteiger partial charge in [0.2, 0.25) is 0 Å². The monoisotopic (exact) mass is 247 g/mol. The van der Waals surface area contributed by atoms with Crippen molar-refractivity contribution in [3.05, 3.63) is 58.3 Å². The van der Waals surface area contributed by atoms with Crippen LogP contribution < -0.4 is 5.32 Å². The van der Waals surface area contributed by atoms with E-state index in [4.69, 9.17) is 0 Å². The number of hydrogen-bond acceptors (Lipinski definition) is 3. The van der Waals surface area contributed by atoms with Crippen molar-refractivity contribution in [1.82, 2.24) is 5.32 Å². The van der Waals surface area contributed by atoms with Crippen molar-refractivity contribution in [3.8, 4) is 0 Å². The van der Waals surface area contributed by atoms with Crippen LogP contribution in [0.4, 0.5) is 0 Å². The molecule has 1 unspecified atom stereocenters. The summed E-state index contributed by atoms with van der Waals surface area (Å²) in [5.41, 5.74) is 2.39. The second kappa shape index (κ2) is 5.96. The summed E-state index contributed by atoms with van der Waals surface area (Å²) >= 11 is 1.70. The Morgan fingerprint density at radius 1 is 1.18 bits per heavy atom. The van der Waals surface area contributed by atoms with E-state index < -0.39 is 0 Å². The van der Waals surface area contributed by atoms with E-state index in [1.54, 1.807) is 11.3 Å². The zero-order valence-electron chi connectivity index (χ0n) is 9.84. The summed E-state index contributed by atoms with van der Waals surface area (Å²) < 4.78 is 0. The van der Waals surface area contributed by atoms with Crippen molar-refractivity contribution in [1.29, 1.82) is 0 Å². The SMILES string of the molecule is CC(N[C@H](CO)c1ccccc1)c1ccsc1. The van der Waals surface area contributed by atoms with E-state index in [2.05, 4.69) is 29.1 Å². The van der Waals surface area contributed by atoms with Gasteiger partial charge in [-0.05, 0) is 34.9 Å². The summed E-state index contributed by atoms with van der Waals surface area (Å²) in [6.45, 7) is 2.23. The molecule has 0 bridgehead atoms. The zero-order chi connectivity index (χ0) is 12.1. The maximum Gasteiger partial charge on any atom is 0.0626 e. The largest absolute Gasteiger partial charge is 0.394 e. The molecule has 0 aliphatic carbocycles. The van der Waals surface area contributed by atoms with Crippen molar-refractivity contribution < 1.29 is 5.11 Å². The molecule has 0 spiro atoms. The van der Waals surface area contributed by atoms with Crippen LogP contribution in [0.25, 0.3) is 0 Å². The van der Waals surface area contributed by atoms with Gasteiger partial charge in [-0.3, -0.25) is 0 Å². The van der Waals surface area contributed by atoms with E-state index in [9.17, 15) is 5.11 Å². The van der Waals surface area contributed by atoms with Gasteiger partial charge in [0.1, 0.15) is 0 Å². The summed E-state index contributed by atoms with van der Waals surface area (Å²) in [5, 5.41) is 17.1. The van der Waals surface area contributed by atoms with E-state index in [0.717, 1.165) is 5.56 Å². The van der Waals surface area contributed by atoms with Crippen LogP contribution in [0.5, 0.6) is 0 Å². The average molecular weight is 247 g/mol. The second-order valence-corrected chi connectivity index (χ2v) is 4.87. The third-order valence-electron chi connectivity index (χ3n) is 2.88. The summed E-state index contributed by atoms with van der Waals surface area (Å²) in [4.78, 5) is 0. The number of aliphatic hydroxyl groups is 1. The minimum absolute atomic E-state index is 0.00824. The van der Waals surface area contributed by atoms with Gasteiger partial charge >= 0.3 is 0 Å². The molecule has 1 heterocycles. The van der Waals surface area contributed by atoms with Gasteiger partial charge in [0.25, 0.3) is 0 Å². The maximum atomic E-state index is 9.47. The molecular weight excluding hydrogens is 230 g/mol. The topological polar surface area (TPSA) is 32.3 Å². The van der Waals surface area contributed by atoms with Crippen LogP contribution in [0.15, 0.2) is 47.2 Å². The quantitative estimate of drug-likeness (QED) is 0.850. The summed E-state index contributed by atoms with van der Waals surface area (Å²) in [7, 11) is 0. The molecule has 2 rings (SSSR count). The molecule has 0 amide bonds. The molecule has 2 aromatic rings. The third-order valence-corrected chi connectivity index (χ3v) is 3.58. The highest BCUT2D eigenvalue weighted by Crippen LogP contribution is 2.20. The van der Waals surface area contributed by atoms with Crippen LogP contribution in [0.1, 0.15) is 30.1 Å². The Hall–Kier alpha value is -1.16. The van der Waals surface area contributed by atoms with Gasteiger partial charge in [-0.1, -0.05) is 30.3 Å². The highest BCUT2D eigenvalue weighted by molar-refractivity contribution is 7.07. The first kappa shape index (κ1) is 12.3. The lowest BCUT2D eigenvalue weighted by Gasteiger charge is -2.21. The molecule has 1 aromatic carbocycles. The zero-order valence-corrected chi connectivity index (χ0v) is 10.7. The van der Waals surface area contributed by atoms with E-state index in [1.807, 2.05) is 30.3 Å². The lowest BCUT2D eigenvalue weighted by molar-refractivity contribution is 0.235. The van der Waals surface area contributed by atoms with E-state index in [1.165, 1.54) is 5.56 Å². The molecule has 0 saturated carbocycles. The minimum atomic E-state index is -0.00824. The van der Waals surface area contributed by atoms with Crippen LogP contribution in [0, 0.1) is 0 Å². The highest BCUT2D eigenvalue weighted by Gasteiger charge is 2.14. The fourth-order valence-corrected chi connectivity index (χ4v) is 2.61. The average Bonchev–Trinajstić information content (AvgIpc) is 2.90. The van der Waals surface area contributed by atoms with E-state index >= 15 is 0 Å². The van der Waals surface area contributed by atoms with Crippen LogP contribution in [-0.2, 0) is 0 Å². The first-order chi connectivity index (χ1) is 8.31. The lowest BCUT2D eigenvalue weighted by Crippen LogP contribution is -2.27. The smallest absolute Gasteiger partial charge is 0.0626 e. The number of thiophene rings is 1. The Labute approximate surface area is 106 Å². The van der Waals surface area contributed by atoms with Crippen molar-refractivity contribution in [3.63, 3.8) is 0 Å². The Morgan fingerprint density at radius 2 is 1.94 bits per heavy atom. The Morgan fingerprint density at radius 3 is 2.53 bits per heavy atom. The van der Waals surface area contributed by atoms with Crippen LogP contribution in [0.2, 0.25) is 0 Å². The number of aliphatic hydroxyl groups excluding tert-OH is 1. The highest BCUT2D eigenvalue weighted by atomic mass is 32.1. The lowest BCUT2D eigenvalue weighted by atomic mass is 10.1. The molecule has 3 heteroatoms. The Bertz CT molecular complexity index is 427.